The highest BCUT2D eigenvalue weighted by Gasteiger charge is 2.24. The molecule has 24 heavy (non-hydrogen) atoms. The number of anilines is 1. The summed E-state index contributed by atoms with van der Waals surface area (Å²) in [6.45, 7) is 6.84. The van der Waals surface area contributed by atoms with E-state index in [1.165, 1.54) is 25.2 Å². The van der Waals surface area contributed by atoms with Gasteiger partial charge in [0.2, 0.25) is 0 Å². The summed E-state index contributed by atoms with van der Waals surface area (Å²) in [6.07, 6.45) is 1.71. The van der Waals surface area contributed by atoms with E-state index < -0.39 is 11.5 Å². The van der Waals surface area contributed by atoms with Crippen molar-refractivity contribution in [1.82, 2.24) is 15.2 Å². The molecule has 1 aromatic carbocycles. The summed E-state index contributed by atoms with van der Waals surface area (Å²) in [6, 6.07) is 5.95. The molecule has 7 heteroatoms. The second-order valence-electron chi connectivity index (χ2n) is 6.19. The van der Waals surface area contributed by atoms with Crippen LogP contribution in [-0.2, 0) is 4.79 Å². The Labute approximate surface area is 143 Å². The van der Waals surface area contributed by atoms with Gasteiger partial charge in [0, 0.05) is 11.6 Å². The quantitative estimate of drug-likeness (QED) is 0.764. The van der Waals surface area contributed by atoms with Crippen molar-refractivity contribution >= 4 is 33.3 Å². The number of nitrogens with zero attached hydrogens (tertiary/aromatic N) is 3. The highest BCUT2D eigenvalue weighted by Crippen LogP contribution is 2.32. The maximum absolute atomic E-state index is 11.8. The summed E-state index contributed by atoms with van der Waals surface area (Å²) in [5.41, 5.74) is 2.41. The van der Waals surface area contributed by atoms with Gasteiger partial charge < -0.3 is 5.11 Å². The SMILES string of the molecule is Cc1nnc2ccc(-c3cnc(NC(=O)C(C)(C)O)s3)cc2c1C. The van der Waals surface area contributed by atoms with Crippen LogP contribution in [0.2, 0.25) is 0 Å². The van der Waals surface area contributed by atoms with E-state index in [0.29, 0.717) is 5.13 Å². The Balaban J connectivity index is 1.94. The fourth-order valence-electron chi connectivity index (χ4n) is 2.19. The first-order chi connectivity index (χ1) is 11.3. The minimum atomic E-state index is -1.44. The van der Waals surface area contributed by atoms with Gasteiger partial charge >= 0.3 is 0 Å². The van der Waals surface area contributed by atoms with Gasteiger partial charge in [-0.1, -0.05) is 17.4 Å². The van der Waals surface area contributed by atoms with Crippen LogP contribution in [0, 0.1) is 13.8 Å². The van der Waals surface area contributed by atoms with E-state index in [9.17, 15) is 9.90 Å². The van der Waals surface area contributed by atoms with Gasteiger partial charge in [0.25, 0.3) is 5.91 Å². The third kappa shape index (κ3) is 3.13. The number of amides is 1. The van der Waals surface area contributed by atoms with Gasteiger partial charge in [-0.2, -0.15) is 10.2 Å². The molecule has 0 saturated heterocycles. The van der Waals surface area contributed by atoms with Gasteiger partial charge in [-0.25, -0.2) is 4.98 Å². The van der Waals surface area contributed by atoms with Gasteiger partial charge in [0.15, 0.2) is 5.13 Å². The van der Waals surface area contributed by atoms with Crippen LogP contribution < -0.4 is 5.32 Å². The molecule has 2 aromatic heterocycles. The highest BCUT2D eigenvalue weighted by atomic mass is 32.1. The third-order valence-electron chi connectivity index (χ3n) is 3.82. The monoisotopic (exact) mass is 342 g/mol. The van der Waals surface area contributed by atoms with Crippen molar-refractivity contribution in [3.8, 4) is 10.4 Å². The smallest absolute Gasteiger partial charge is 0.257 e. The Morgan fingerprint density at radius 2 is 2.00 bits per heavy atom. The molecule has 3 aromatic rings. The van der Waals surface area contributed by atoms with E-state index in [1.807, 2.05) is 26.0 Å². The topological polar surface area (TPSA) is 88.0 Å². The first kappa shape index (κ1) is 16.5. The van der Waals surface area contributed by atoms with Crippen LogP contribution in [0.3, 0.4) is 0 Å². The van der Waals surface area contributed by atoms with Crippen molar-refractivity contribution in [2.24, 2.45) is 0 Å². The summed E-state index contributed by atoms with van der Waals surface area (Å²) in [4.78, 5) is 17.0. The minimum absolute atomic E-state index is 0.456. The number of aliphatic hydroxyl groups is 1. The van der Waals surface area contributed by atoms with Crippen molar-refractivity contribution in [2.75, 3.05) is 5.32 Å². The van der Waals surface area contributed by atoms with Crippen LogP contribution in [0.25, 0.3) is 21.3 Å². The summed E-state index contributed by atoms with van der Waals surface area (Å²) in [5.74, 6) is -0.483. The van der Waals surface area contributed by atoms with Crippen molar-refractivity contribution in [3.05, 3.63) is 35.7 Å². The molecule has 1 amide bonds. The molecule has 2 heterocycles. The van der Waals surface area contributed by atoms with E-state index in [0.717, 1.165) is 32.6 Å². The molecule has 124 valence electrons. The maximum Gasteiger partial charge on any atom is 0.257 e. The van der Waals surface area contributed by atoms with Crippen molar-refractivity contribution in [1.29, 1.82) is 0 Å². The van der Waals surface area contributed by atoms with Gasteiger partial charge in [0.1, 0.15) is 5.60 Å². The molecule has 0 saturated carbocycles. The number of benzene rings is 1. The number of aromatic nitrogens is 3. The number of rotatable bonds is 3. The summed E-state index contributed by atoms with van der Waals surface area (Å²) >= 11 is 1.36. The van der Waals surface area contributed by atoms with Crippen molar-refractivity contribution < 1.29 is 9.90 Å². The molecular formula is C17H18N4O2S. The first-order valence-electron chi connectivity index (χ1n) is 7.49. The number of fused-ring (bicyclic) bond motifs is 1. The van der Waals surface area contributed by atoms with E-state index in [2.05, 4.69) is 26.6 Å². The number of aryl methyl sites for hydroxylation is 2. The lowest BCUT2D eigenvalue weighted by Crippen LogP contribution is -2.36. The van der Waals surface area contributed by atoms with Crippen molar-refractivity contribution in [3.63, 3.8) is 0 Å². The molecule has 0 unspecified atom stereocenters. The Bertz CT molecular complexity index is 928. The van der Waals surface area contributed by atoms with Crippen LogP contribution in [0.4, 0.5) is 5.13 Å². The standard InChI is InChI=1S/C17H18N4O2S/c1-9-10(2)20-21-13-6-5-11(7-12(9)13)14-8-18-16(24-14)19-15(22)17(3,4)23/h5-8,23H,1-4H3,(H,18,19,22). The van der Waals surface area contributed by atoms with Gasteiger partial charge in [0.05, 0.1) is 16.1 Å². The average Bonchev–Trinajstić information content (AvgIpc) is 2.98. The number of carbonyl (C=O) groups excluding carboxylic acids is 1. The molecule has 0 aliphatic rings. The van der Waals surface area contributed by atoms with E-state index in [4.69, 9.17) is 0 Å². The van der Waals surface area contributed by atoms with Crippen LogP contribution in [0.5, 0.6) is 0 Å². The van der Waals surface area contributed by atoms with E-state index >= 15 is 0 Å². The summed E-state index contributed by atoms with van der Waals surface area (Å²) < 4.78 is 0. The summed E-state index contributed by atoms with van der Waals surface area (Å²) in [7, 11) is 0. The van der Waals surface area contributed by atoms with Crippen LogP contribution in [0.15, 0.2) is 24.4 Å². The molecule has 2 N–H and O–H groups in total. The molecule has 0 atom stereocenters. The van der Waals surface area contributed by atoms with Crippen LogP contribution in [0.1, 0.15) is 25.1 Å². The maximum atomic E-state index is 11.8. The van der Waals surface area contributed by atoms with Crippen LogP contribution in [-0.4, -0.2) is 31.8 Å². The molecular weight excluding hydrogens is 324 g/mol. The predicted molar refractivity (Wildman–Crippen MR) is 95.0 cm³/mol. The predicted octanol–water partition coefficient (Wildman–Crippen LogP) is 3.08. The van der Waals surface area contributed by atoms with Crippen molar-refractivity contribution in [2.45, 2.75) is 33.3 Å². The molecule has 6 nitrogen and oxygen atoms in total. The second-order valence-corrected chi connectivity index (χ2v) is 7.22. The Hall–Kier alpha value is -2.38. The number of nitrogens with one attached hydrogen (secondary N) is 1. The molecule has 0 spiro atoms. The number of hydrogen-bond donors (Lipinski definition) is 2. The fraction of sp³-hybridized carbons (Fsp3) is 0.294. The van der Waals surface area contributed by atoms with Crippen LogP contribution >= 0.6 is 11.3 Å². The molecule has 0 fully saturated rings. The minimum Gasteiger partial charge on any atom is -0.381 e. The summed E-state index contributed by atoms with van der Waals surface area (Å²) in [5, 5.41) is 22.2. The first-order valence-corrected chi connectivity index (χ1v) is 8.31. The zero-order valence-electron chi connectivity index (χ0n) is 13.9. The lowest BCUT2D eigenvalue weighted by atomic mass is 10.1. The fourth-order valence-corrected chi connectivity index (χ4v) is 3.00. The highest BCUT2D eigenvalue weighted by molar-refractivity contribution is 7.19. The normalized spacial score (nSPS) is 11.7. The third-order valence-corrected chi connectivity index (χ3v) is 4.78. The zero-order chi connectivity index (χ0) is 17.5. The molecule has 0 aliphatic carbocycles. The largest absolute Gasteiger partial charge is 0.381 e. The number of hydrogen-bond acceptors (Lipinski definition) is 6. The Morgan fingerprint density at radius 1 is 1.25 bits per heavy atom. The van der Waals surface area contributed by atoms with Gasteiger partial charge in [-0.15, -0.1) is 0 Å². The van der Waals surface area contributed by atoms with E-state index in [1.54, 1.807) is 6.20 Å². The number of thiazole rings is 1. The lowest BCUT2D eigenvalue weighted by Gasteiger charge is -2.14. The lowest BCUT2D eigenvalue weighted by molar-refractivity contribution is -0.130. The molecule has 0 aliphatic heterocycles. The van der Waals surface area contributed by atoms with E-state index in [-0.39, 0.29) is 0 Å². The Kier molecular flexibility index (Phi) is 4.06. The molecule has 0 bridgehead atoms. The van der Waals surface area contributed by atoms with Gasteiger partial charge in [-0.3, -0.25) is 10.1 Å². The molecule has 0 radical (unpaired) electrons. The zero-order valence-corrected chi connectivity index (χ0v) is 14.7. The van der Waals surface area contributed by atoms with Gasteiger partial charge in [-0.05, 0) is 51.0 Å². The second kappa shape index (κ2) is 5.92. The Morgan fingerprint density at radius 3 is 2.71 bits per heavy atom. The molecule has 3 rings (SSSR count). The number of carbonyl (C=O) groups is 1. The average molecular weight is 342 g/mol.